The molecule has 1 aliphatic heterocycles. The van der Waals surface area contributed by atoms with Crippen LogP contribution in [0.5, 0.6) is 5.75 Å². The monoisotopic (exact) mass is 545 g/mol. The van der Waals surface area contributed by atoms with Crippen LogP contribution in [0.3, 0.4) is 0 Å². The summed E-state index contributed by atoms with van der Waals surface area (Å²) in [6, 6.07) is 21.7. The topological polar surface area (TPSA) is 127 Å². The van der Waals surface area contributed by atoms with Crippen molar-refractivity contribution in [1.29, 1.82) is 0 Å². The van der Waals surface area contributed by atoms with Crippen molar-refractivity contribution in [2.75, 3.05) is 12.4 Å². The van der Waals surface area contributed by atoms with Crippen molar-refractivity contribution in [1.82, 2.24) is 0 Å². The van der Waals surface area contributed by atoms with Gasteiger partial charge in [-0.2, -0.15) is 0 Å². The fourth-order valence-corrected chi connectivity index (χ4v) is 4.99. The third kappa shape index (κ3) is 5.24. The molecule has 2 heterocycles. The summed E-state index contributed by atoms with van der Waals surface area (Å²) >= 11 is 0. The summed E-state index contributed by atoms with van der Waals surface area (Å²) in [5.41, 5.74) is 1.48. The smallest absolute Gasteiger partial charge is 0.360 e. The molecule has 3 aromatic carbocycles. The number of hydrogen-bond acceptors (Lipinski definition) is 8. The standard InChI is InChI=1S/C31H31NO8/c1-17-23(38-30-25(34)24(33)27(37-4)31(2,3)40-30)15-14-21-16-22(29(36)39-26(17)21)32-28(35)20-12-10-19(11-13-20)18-8-6-5-7-9-18/h5-16,24-25,27,30,33-34H,1-4H3,(H,32,35)/t24-,25-,27+,30+/m0/s1. The van der Waals surface area contributed by atoms with Crippen LogP contribution in [-0.2, 0) is 9.47 Å². The Balaban J connectivity index is 1.35. The highest BCUT2D eigenvalue weighted by molar-refractivity contribution is 6.05. The minimum absolute atomic E-state index is 0.000723. The number of anilines is 1. The number of fused-ring (bicyclic) bond motifs is 1. The molecule has 9 heteroatoms. The van der Waals surface area contributed by atoms with Crippen LogP contribution >= 0.6 is 0 Å². The van der Waals surface area contributed by atoms with E-state index >= 15 is 0 Å². The van der Waals surface area contributed by atoms with E-state index in [-0.39, 0.29) is 11.3 Å². The molecule has 0 radical (unpaired) electrons. The Morgan fingerprint density at radius 2 is 1.62 bits per heavy atom. The number of aliphatic hydroxyl groups is 2. The molecule has 0 aliphatic carbocycles. The van der Waals surface area contributed by atoms with Gasteiger partial charge in [-0.1, -0.05) is 42.5 Å². The molecule has 0 spiro atoms. The van der Waals surface area contributed by atoms with Gasteiger partial charge in [0.25, 0.3) is 5.91 Å². The van der Waals surface area contributed by atoms with Gasteiger partial charge in [-0.25, -0.2) is 4.79 Å². The second-order valence-electron chi connectivity index (χ2n) is 10.3. The molecule has 1 fully saturated rings. The molecular weight excluding hydrogens is 514 g/mol. The van der Waals surface area contributed by atoms with E-state index in [2.05, 4.69) is 5.32 Å². The number of aryl methyl sites for hydroxylation is 1. The van der Waals surface area contributed by atoms with Gasteiger partial charge in [0.1, 0.15) is 35.3 Å². The molecule has 208 valence electrons. The number of rotatable bonds is 6. The summed E-state index contributed by atoms with van der Waals surface area (Å²) in [5, 5.41) is 24.3. The van der Waals surface area contributed by atoms with Crippen LogP contribution in [0.25, 0.3) is 22.1 Å². The van der Waals surface area contributed by atoms with Crippen molar-refractivity contribution in [3.8, 4) is 16.9 Å². The molecule has 4 aromatic rings. The number of hydrogen-bond donors (Lipinski definition) is 3. The van der Waals surface area contributed by atoms with Crippen molar-refractivity contribution in [3.63, 3.8) is 0 Å². The average molecular weight is 546 g/mol. The van der Waals surface area contributed by atoms with Crippen molar-refractivity contribution < 1.29 is 33.6 Å². The third-order valence-corrected chi connectivity index (χ3v) is 7.14. The molecule has 4 atom stereocenters. The molecule has 9 nitrogen and oxygen atoms in total. The Labute approximate surface area is 230 Å². The van der Waals surface area contributed by atoms with Crippen LogP contribution in [0, 0.1) is 6.92 Å². The number of carbonyl (C=O) groups is 1. The first-order valence-electron chi connectivity index (χ1n) is 12.9. The Bertz CT molecular complexity index is 1580. The van der Waals surface area contributed by atoms with E-state index < -0.39 is 41.7 Å². The average Bonchev–Trinajstić information content (AvgIpc) is 2.94. The van der Waals surface area contributed by atoms with Gasteiger partial charge in [0.05, 0.1) is 5.60 Å². The van der Waals surface area contributed by atoms with Crippen molar-refractivity contribution in [2.24, 2.45) is 0 Å². The zero-order valence-corrected chi connectivity index (χ0v) is 22.6. The fraction of sp³-hybridized carbons (Fsp3) is 0.290. The van der Waals surface area contributed by atoms with Crippen molar-refractivity contribution >= 4 is 22.6 Å². The quantitative estimate of drug-likeness (QED) is 0.307. The minimum Gasteiger partial charge on any atom is -0.462 e. The maximum absolute atomic E-state index is 12.9. The lowest BCUT2D eigenvalue weighted by molar-refractivity contribution is -0.306. The molecule has 3 N–H and O–H groups in total. The lowest BCUT2D eigenvalue weighted by atomic mass is 9.89. The van der Waals surface area contributed by atoms with Gasteiger partial charge in [0.2, 0.25) is 6.29 Å². The van der Waals surface area contributed by atoms with Gasteiger partial charge in [-0.3, -0.25) is 4.79 Å². The van der Waals surface area contributed by atoms with Crippen molar-refractivity contribution in [2.45, 2.75) is 51.0 Å². The Kier molecular flexibility index (Phi) is 7.48. The summed E-state index contributed by atoms with van der Waals surface area (Å²) in [7, 11) is 1.43. The number of methoxy groups -OCH3 is 1. The molecule has 1 amide bonds. The second-order valence-corrected chi connectivity index (χ2v) is 10.3. The molecule has 5 rings (SSSR count). The van der Waals surface area contributed by atoms with E-state index in [1.165, 1.54) is 13.2 Å². The maximum atomic E-state index is 12.9. The summed E-state index contributed by atoms with van der Waals surface area (Å²) in [6.07, 6.45) is -4.56. The van der Waals surface area contributed by atoms with Crippen LogP contribution in [0.15, 0.2) is 82.0 Å². The summed E-state index contributed by atoms with van der Waals surface area (Å²) < 4.78 is 22.7. The molecule has 1 aliphatic rings. The van der Waals surface area contributed by atoms with Crippen LogP contribution < -0.4 is 15.7 Å². The molecule has 40 heavy (non-hydrogen) atoms. The van der Waals surface area contributed by atoms with E-state index in [1.807, 2.05) is 42.5 Å². The first-order chi connectivity index (χ1) is 19.1. The molecule has 1 aromatic heterocycles. The zero-order valence-electron chi connectivity index (χ0n) is 22.6. The highest BCUT2D eigenvalue weighted by Crippen LogP contribution is 2.35. The first-order valence-corrected chi connectivity index (χ1v) is 12.9. The lowest BCUT2D eigenvalue weighted by Gasteiger charge is -2.46. The van der Waals surface area contributed by atoms with E-state index in [0.29, 0.717) is 22.3 Å². The van der Waals surface area contributed by atoms with Crippen LogP contribution in [-0.4, -0.2) is 53.4 Å². The molecule has 0 saturated carbocycles. The number of amides is 1. The van der Waals surface area contributed by atoms with E-state index in [9.17, 15) is 19.8 Å². The number of benzene rings is 3. The number of nitrogens with one attached hydrogen (secondary N) is 1. The summed E-state index contributed by atoms with van der Waals surface area (Å²) in [6.45, 7) is 5.15. The number of carbonyl (C=O) groups excluding carboxylic acids is 1. The van der Waals surface area contributed by atoms with Crippen LogP contribution in [0.1, 0.15) is 29.8 Å². The Morgan fingerprint density at radius 3 is 2.30 bits per heavy atom. The summed E-state index contributed by atoms with van der Waals surface area (Å²) in [4.78, 5) is 25.7. The SMILES string of the molecule is CO[C@@H]1[C@@H](O)[C@H](O)[C@H](Oc2ccc3cc(NC(=O)c4ccc(-c5ccccc5)cc4)c(=O)oc3c2C)OC1(C)C. The lowest BCUT2D eigenvalue weighted by Crippen LogP contribution is -2.63. The Hall–Kier alpha value is -4.02. The third-order valence-electron chi connectivity index (χ3n) is 7.14. The maximum Gasteiger partial charge on any atom is 0.360 e. The van der Waals surface area contributed by atoms with E-state index in [1.54, 1.807) is 45.0 Å². The van der Waals surface area contributed by atoms with Gasteiger partial charge in [-0.15, -0.1) is 0 Å². The highest BCUT2D eigenvalue weighted by atomic mass is 16.7. The zero-order chi connectivity index (χ0) is 28.6. The molecule has 0 bridgehead atoms. The number of ether oxygens (including phenoxy) is 3. The molecule has 1 saturated heterocycles. The predicted molar refractivity (Wildman–Crippen MR) is 149 cm³/mol. The largest absolute Gasteiger partial charge is 0.462 e. The first kappa shape index (κ1) is 27.5. The van der Waals surface area contributed by atoms with Crippen LogP contribution in [0.2, 0.25) is 0 Å². The van der Waals surface area contributed by atoms with Gasteiger partial charge < -0.3 is 34.2 Å². The van der Waals surface area contributed by atoms with E-state index in [4.69, 9.17) is 18.6 Å². The van der Waals surface area contributed by atoms with Crippen molar-refractivity contribution in [3.05, 3.63) is 94.3 Å². The predicted octanol–water partition coefficient (Wildman–Crippen LogP) is 4.27. The highest BCUT2D eigenvalue weighted by Gasteiger charge is 2.50. The van der Waals surface area contributed by atoms with Gasteiger partial charge in [0, 0.05) is 23.6 Å². The molecular formula is C31H31NO8. The van der Waals surface area contributed by atoms with E-state index in [0.717, 1.165) is 11.1 Å². The Morgan fingerprint density at radius 1 is 0.950 bits per heavy atom. The summed E-state index contributed by atoms with van der Waals surface area (Å²) in [5.74, 6) is -0.143. The normalized spacial score (nSPS) is 22.1. The van der Waals surface area contributed by atoms with Crippen LogP contribution in [0.4, 0.5) is 5.69 Å². The van der Waals surface area contributed by atoms with Gasteiger partial charge in [-0.05, 0) is 62.2 Å². The number of aliphatic hydroxyl groups excluding tert-OH is 2. The molecule has 0 unspecified atom stereocenters. The fourth-order valence-electron chi connectivity index (χ4n) is 4.99. The second kappa shape index (κ2) is 10.9. The van der Waals surface area contributed by atoms with Gasteiger partial charge >= 0.3 is 5.63 Å². The van der Waals surface area contributed by atoms with Gasteiger partial charge in [0.15, 0.2) is 0 Å². The minimum atomic E-state index is -1.38.